The average Bonchev–Trinajstić information content (AvgIpc) is 3.45. The molecule has 1 N–H and O–H groups in total. The maximum Gasteiger partial charge on any atom is 0.254 e. The molecule has 2 aliphatic heterocycles. The van der Waals surface area contributed by atoms with Crippen LogP contribution in [0.3, 0.4) is 0 Å². The van der Waals surface area contributed by atoms with Crippen molar-refractivity contribution in [2.75, 3.05) is 43.1 Å². The van der Waals surface area contributed by atoms with Gasteiger partial charge in [-0.05, 0) is 60.7 Å². The molecule has 32 heavy (non-hydrogen) atoms. The monoisotopic (exact) mass is 433 g/mol. The topological polar surface area (TPSA) is 79.0 Å². The van der Waals surface area contributed by atoms with Crippen LogP contribution in [-0.4, -0.2) is 55.5 Å². The third kappa shape index (κ3) is 4.12. The largest absolute Gasteiger partial charge is 0.378 e. The van der Waals surface area contributed by atoms with Crippen molar-refractivity contribution in [3.8, 4) is 0 Å². The molecule has 0 radical (unpaired) electrons. The standard InChI is InChI=1S/C25H27N3O4/c29-23-15-20(16-28(23)22-8-7-17-3-1-4-18(17)14-22)24(30)26-21-6-2-5-19(13-21)25(31)27-9-11-32-12-10-27/h2,5-8,13-14,20H,1,3-4,9-12,15-16H2,(H,26,30). The molecule has 166 valence electrons. The van der Waals surface area contributed by atoms with Crippen molar-refractivity contribution < 1.29 is 19.1 Å². The van der Waals surface area contributed by atoms with Crippen LogP contribution in [0.5, 0.6) is 0 Å². The van der Waals surface area contributed by atoms with Crippen molar-refractivity contribution in [2.45, 2.75) is 25.7 Å². The minimum Gasteiger partial charge on any atom is -0.378 e. The molecule has 0 spiro atoms. The summed E-state index contributed by atoms with van der Waals surface area (Å²) in [5.41, 5.74) is 4.65. The highest BCUT2D eigenvalue weighted by atomic mass is 16.5. The molecule has 1 unspecified atom stereocenters. The molecule has 1 atom stereocenters. The van der Waals surface area contributed by atoms with Crippen molar-refractivity contribution in [1.82, 2.24) is 4.90 Å². The van der Waals surface area contributed by atoms with Gasteiger partial charge in [0.15, 0.2) is 0 Å². The zero-order chi connectivity index (χ0) is 22.1. The number of carbonyl (C=O) groups is 3. The van der Waals surface area contributed by atoms with Gasteiger partial charge in [-0.2, -0.15) is 0 Å². The molecule has 0 aromatic heterocycles. The summed E-state index contributed by atoms with van der Waals surface area (Å²) in [5.74, 6) is -0.713. The summed E-state index contributed by atoms with van der Waals surface area (Å²) in [5, 5.41) is 2.90. The van der Waals surface area contributed by atoms with Gasteiger partial charge in [0, 0.05) is 43.0 Å². The van der Waals surface area contributed by atoms with E-state index in [9.17, 15) is 14.4 Å². The first kappa shape index (κ1) is 20.7. The maximum atomic E-state index is 12.9. The number of morpholine rings is 1. The minimum absolute atomic E-state index is 0.0284. The van der Waals surface area contributed by atoms with Gasteiger partial charge in [0.2, 0.25) is 11.8 Å². The number of nitrogens with one attached hydrogen (secondary N) is 1. The van der Waals surface area contributed by atoms with Gasteiger partial charge in [-0.25, -0.2) is 0 Å². The molecule has 3 aliphatic rings. The highest BCUT2D eigenvalue weighted by Crippen LogP contribution is 2.31. The van der Waals surface area contributed by atoms with Crippen LogP contribution in [0, 0.1) is 5.92 Å². The van der Waals surface area contributed by atoms with Crippen molar-refractivity contribution in [1.29, 1.82) is 0 Å². The number of hydrogen-bond acceptors (Lipinski definition) is 4. The van der Waals surface area contributed by atoms with Crippen LogP contribution >= 0.6 is 0 Å². The van der Waals surface area contributed by atoms with E-state index < -0.39 is 5.92 Å². The van der Waals surface area contributed by atoms with Crippen molar-refractivity contribution >= 4 is 29.1 Å². The summed E-state index contributed by atoms with van der Waals surface area (Å²) < 4.78 is 5.31. The van der Waals surface area contributed by atoms with Gasteiger partial charge < -0.3 is 19.9 Å². The van der Waals surface area contributed by atoms with Gasteiger partial charge in [0.05, 0.1) is 19.1 Å². The van der Waals surface area contributed by atoms with E-state index in [2.05, 4.69) is 17.4 Å². The number of amides is 3. The Morgan fingerprint density at radius 2 is 1.81 bits per heavy atom. The molecule has 2 heterocycles. The Morgan fingerprint density at radius 1 is 1.00 bits per heavy atom. The van der Waals surface area contributed by atoms with Crippen LogP contribution in [0.2, 0.25) is 0 Å². The summed E-state index contributed by atoms with van der Waals surface area (Å²) in [7, 11) is 0. The fraction of sp³-hybridized carbons (Fsp3) is 0.400. The Balaban J connectivity index is 1.24. The van der Waals surface area contributed by atoms with E-state index in [0.29, 0.717) is 44.1 Å². The first-order valence-corrected chi connectivity index (χ1v) is 11.3. The second kappa shape index (κ2) is 8.74. The molecule has 7 heteroatoms. The van der Waals surface area contributed by atoms with Gasteiger partial charge in [-0.3, -0.25) is 14.4 Å². The normalized spacial score (nSPS) is 20.4. The van der Waals surface area contributed by atoms with Gasteiger partial charge in [-0.15, -0.1) is 0 Å². The fourth-order valence-corrected chi connectivity index (χ4v) is 4.78. The van der Waals surface area contributed by atoms with Crippen molar-refractivity contribution in [2.24, 2.45) is 5.92 Å². The lowest BCUT2D eigenvalue weighted by Crippen LogP contribution is -2.40. The van der Waals surface area contributed by atoms with E-state index in [4.69, 9.17) is 4.74 Å². The van der Waals surface area contributed by atoms with Crippen molar-refractivity contribution in [3.05, 3.63) is 59.2 Å². The van der Waals surface area contributed by atoms with E-state index in [0.717, 1.165) is 24.9 Å². The number of anilines is 2. The molecular weight excluding hydrogens is 406 g/mol. The average molecular weight is 434 g/mol. The lowest BCUT2D eigenvalue weighted by Gasteiger charge is -2.27. The lowest BCUT2D eigenvalue weighted by atomic mass is 10.1. The molecule has 0 bridgehead atoms. The Hall–Kier alpha value is -3.19. The summed E-state index contributed by atoms with van der Waals surface area (Å²) in [6.45, 7) is 2.59. The first-order chi connectivity index (χ1) is 15.6. The Kier molecular flexibility index (Phi) is 5.66. The number of ether oxygens (including phenoxy) is 1. The second-order valence-electron chi connectivity index (χ2n) is 8.69. The second-order valence-corrected chi connectivity index (χ2v) is 8.69. The first-order valence-electron chi connectivity index (χ1n) is 11.3. The number of aryl methyl sites for hydroxylation is 2. The van der Waals surface area contributed by atoms with Crippen LogP contribution in [-0.2, 0) is 27.2 Å². The number of hydrogen-bond donors (Lipinski definition) is 1. The van der Waals surface area contributed by atoms with Gasteiger partial charge >= 0.3 is 0 Å². The van der Waals surface area contributed by atoms with E-state index in [1.54, 1.807) is 34.1 Å². The maximum absolute atomic E-state index is 12.9. The molecular formula is C25H27N3O4. The number of rotatable bonds is 4. The van der Waals surface area contributed by atoms with E-state index in [1.165, 1.54) is 11.1 Å². The molecule has 7 nitrogen and oxygen atoms in total. The van der Waals surface area contributed by atoms with Crippen LogP contribution in [0.1, 0.15) is 34.3 Å². The number of fused-ring (bicyclic) bond motifs is 1. The number of benzene rings is 2. The predicted octanol–water partition coefficient (Wildman–Crippen LogP) is 2.64. The molecule has 2 aromatic carbocycles. The highest BCUT2D eigenvalue weighted by molar-refractivity contribution is 6.04. The highest BCUT2D eigenvalue weighted by Gasteiger charge is 2.35. The van der Waals surface area contributed by atoms with Crippen LogP contribution in [0.4, 0.5) is 11.4 Å². The molecule has 2 saturated heterocycles. The summed E-state index contributed by atoms with van der Waals surface area (Å²) >= 11 is 0. The zero-order valence-electron chi connectivity index (χ0n) is 18.0. The van der Waals surface area contributed by atoms with Crippen LogP contribution in [0.25, 0.3) is 0 Å². The Bertz CT molecular complexity index is 1060. The Labute approximate surface area is 187 Å². The molecule has 3 amide bonds. The molecule has 0 saturated carbocycles. The SMILES string of the molecule is O=C(Nc1cccc(C(=O)N2CCOCC2)c1)C1CC(=O)N(c2ccc3c(c2)CCC3)C1. The number of nitrogens with zero attached hydrogens (tertiary/aromatic N) is 2. The molecule has 1 aliphatic carbocycles. The van der Waals surface area contributed by atoms with Crippen LogP contribution in [0.15, 0.2) is 42.5 Å². The quantitative estimate of drug-likeness (QED) is 0.804. The van der Waals surface area contributed by atoms with Crippen LogP contribution < -0.4 is 10.2 Å². The summed E-state index contributed by atoms with van der Waals surface area (Å²) in [6.07, 6.45) is 3.50. The van der Waals surface area contributed by atoms with E-state index in [1.807, 2.05) is 6.07 Å². The van der Waals surface area contributed by atoms with E-state index in [-0.39, 0.29) is 24.1 Å². The molecule has 2 fully saturated rings. The van der Waals surface area contributed by atoms with Crippen molar-refractivity contribution in [3.63, 3.8) is 0 Å². The summed E-state index contributed by atoms with van der Waals surface area (Å²) in [4.78, 5) is 41.8. The predicted molar refractivity (Wildman–Crippen MR) is 121 cm³/mol. The zero-order valence-corrected chi connectivity index (χ0v) is 18.0. The third-order valence-electron chi connectivity index (χ3n) is 6.56. The summed E-state index contributed by atoms with van der Waals surface area (Å²) in [6, 6.07) is 13.2. The van der Waals surface area contributed by atoms with Gasteiger partial charge in [0.25, 0.3) is 5.91 Å². The fourth-order valence-electron chi connectivity index (χ4n) is 4.78. The van der Waals surface area contributed by atoms with Gasteiger partial charge in [-0.1, -0.05) is 12.1 Å². The molecule has 2 aromatic rings. The number of carbonyl (C=O) groups excluding carboxylic acids is 3. The third-order valence-corrected chi connectivity index (χ3v) is 6.56. The van der Waals surface area contributed by atoms with Gasteiger partial charge in [0.1, 0.15) is 0 Å². The van der Waals surface area contributed by atoms with E-state index >= 15 is 0 Å². The molecule has 5 rings (SSSR count). The minimum atomic E-state index is -0.422. The lowest BCUT2D eigenvalue weighted by molar-refractivity contribution is -0.122. The smallest absolute Gasteiger partial charge is 0.254 e. The Morgan fingerprint density at radius 3 is 2.66 bits per heavy atom.